The first-order valence-electron chi connectivity index (χ1n) is 9.11. The van der Waals surface area contributed by atoms with Crippen molar-refractivity contribution >= 4 is 27.6 Å². The number of aromatic amines is 1. The lowest BCUT2D eigenvalue weighted by Gasteiger charge is -2.14. The molecular formula is C20H20BrN7O2. The molecule has 0 aliphatic carbocycles. The molecule has 4 aromatic rings. The lowest BCUT2D eigenvalue weighted by molar-refractivity contribution is 0.404. The molecule has 0 atom stereocenters. The fourth-order valence-corrected chi connectivity index (χ4v) is 3.13. The quantitative estimate of drug-likeness (QED) is 0.427. The summed E-state index contributed by atoms with van der Waals surface area (Å²) in [6, 6.07) is 7.71. The lowest BCUT2D eigenvalue weighted by atomic mass is 10.2. The number of methoxy groups -OCH3 is 1. The Labute approximate surface area is 181 Å². The van der Waals surface area contributed by atoms with E-state index in [0.717, 1.165) is 21.3 Å². The monoisotopic (exact) mass is 469 g/mol. The van der Waals surface area contributed by atoms with Crippen molar-refractivity contribution in [3.63, 3.8) is 0 Å². The van der Waals surface area contributed by atoms with Crippen molar-refractivity contribution in [3.05, 3.63) is 52.4 Å². The minimum Gasteiger partial charge on any atom is -0.491 e. The molecule has 3 aromatic heterocycles. The maximum absolute atomic E-state index is 5.97. The van der Waals surface area contributed by atoms with Crippen LogP contribution in [0, 0.1) is 13.8 Å². The SMILES string of the molecule is COc1c(Nc2cc(C)[nH]n2)nc(Oc2ccc(Br)c(C)c2)nc1-c1cnn(C)c1. The van der Waals surface area contributed by atoms with Gasteiger partial charge in [-0.3, -0.25) is 9.78 Å². The van der Waals surface area contributed by atoms with E-state index in [2.05, 4.69) is 46.5 Å². The maximum Gasteiger partial charge on any atom is 0.324 e. The smallest absolute Gasteiger partial charge is 0.324 e. The highest BCUT2D eigenvalue weighted by atomic mass is 79.9. The van der Waals surface area contributed by atoms with Gasteiger partial charge in [-0.15, -0.1) is 0 Å². The molecule has 0 radical (unpaired) electrons. The Balaban J connectivity index is 1.80. The summed E-state index contributed by atoms with van der Waals surface area (Å²) in [6.07, 6.45) is 3.56. The summed E-state index contributed by atoms with van der Waals surface area (Å²) >= 11 is 3.50. The van der Waals surface area contributed by atoms with Crippen LogP contribution in [0.15, 0.2) is 41.1 Å². The minimum absolute atomic E-state index is 0.172. The molecule has 3 heterocycles. The first-order valence-corrected chi connectivity index (χ1v) is 9.90. The van der Waals surface area contributed by atoms with Crippen LogP contribution in [0.5, 0.6) is 17.5 Å². The van der Waals surface area contributed by atoms with E-state index in [4.69, 9.17) is 9.47 Å². The van der Waals surface area contributed by atoms with E-state index in [1.165, 1.54) is 0 Å². The zero-order valence-electron chi connectivity index (χ0n) is 16.9. The van der Waals surface area contributed by atoms with Gasteiger partial charge in [0.15, 0.2) is 17.4 Å². The Hall–Kier alpha value is -3.40. The summed E-state index contributed by atoms with van der Waals surface area (Å²) in [4.78, 5) is 9.12. The number of anilines is 2. The normalized spacial score (nSPS) is 10.8. The number of rotatable bonds is 6. The summed E-state index contributed by atoms with van der Waals surface area (Å²) in [7, 11) is 3.41. The third-order valence-corrected chi connectivity index (χ3v) is 5.21. The van der Waals surface area contributed by atoms with Gasteiger partial charge in [-0.05, 0) is 37.6 Å². The summed E-state index contributed by atoms with van der Waals surface area (Å²) in [5, 5.41) is 14.5. The van der Waals surface area contributed by atoms with Gasteiger partial charge < -0.3 is 14.8 Å². The summed E-state index contributed by atoms with van der Waals surface area (Å²) in [5.41, 5.74) is 3.28. The van der Waals surface area contributed by atoms with Gasteiger partial charge in [0.25, 0.3) is 0 Å². The number of aromatic nitrogens is 6. The summed E-state index contributed by atoms with van der Waals surface area (Å²) in [5.74, 6) is 2.12. The number of hydrogen-bond donors (Lipinski definition) is 2. The number of benzene rings is 1. The predicted octanol–water partition coefficient (Wildman–Crippen LogP) is 4.52. The molecule has 0 saturated carbocycles. The first-order chi connectivity index (χ1) is 14.4. The first kappa shape index (κ1) is 19.9. The van der Waals surface area contributed by atoms with Gasteiger partial charge in [-0.1, -0.05) is 15.9 Å². The minimum atomic E-state index is 0.172. The molecule has 0 saturated heterocycles. The third kappa shape index (κ3) is 4.13. The van der Waals surface area contributed by atoms with Crippen molar-refractivity contribution in [3.8, 4) is 28.8 Å². The number of ether oxygens (including phenoxy) is 2. The van der Waals surface area contributed by atoms with Crippen molar-refractivity contribution in [2.45, 2.75) is 13.8 Å². The molecule has 0 spiro atoms. The standard InChI is InChI=1S/C20H20BrN7O2/c1-11-7-14(5-6-15(11)21)30-20-24-17(13-9-22-28(3)10-13)18(29-4)19(25-20)23-16-8-12(2)26-27-16/h5-10H,1-4H3,(H2,23,24,25,26,27). The lowest BCUT2D eigenvalue weighted by Crippen LogP contribution is -2.04. The van der Waals surface area contributed by atoms with Crippen molar-refractivity contribution in [1.82, 2.24) is 29.9 Å². The Morgan fingerprint density at radius 1 is 1.17 bits per heavy atom. The maximum atomic E-state index is 5.97. The van der Waals surface area contributed by atoms with E-state index >= 15 is 0 Å². The largest absolute Gasteiger partial charge is 0.491 e. The molecule has 0 fully saturated rings. The zero-order chi connectivity index (χ0) is 21.3. The van der Waals surface area contributed by atoms with E-state index in [1.807, 2.05) is 51.4 Å². The van der Waals surface area contributed by atoms with Gasteiger partial charge >= 0.3 is 6.01 Å². The molecular weight excluding hydrogens is 450 g/mol. The van der Waals surface area contributed by atoms with Crippen molar-refractivity contribution in [2.24, 2.45) is 7.05 Å². The average molecular weight is 470 g/mol. The fourth-order valence-electron chi connectivity index (χ4n) is 2.88. The van der Waals surface area contributed by atoms with Crippen LogP contribution in [0.3, 0.4) is 0 Å². The molecule has 0 amide bonds. The Morgan fingerprint density at radius 3 is 2.63 bits per heavy atom. The van der Waals surface area contributed by atoms with E-state index < -0.39 is 0 Å². The van der Waals surface area contributed by atoms with Crippen molar-refractivity contribution in [1.29, 1.82) is 0 Å². The van der Waals surface area contributed by atoms with Crippen LogP contribution in [0.1, 0.15) is 11.3 Å². The second-order valence-corrected chi connectivity index (χ2v) is 7.57. The van der Waals surface area contributed by atoms with Gasteiger partial charge in [0.2, 0.25) is 0 Å². The van der Waals surface area contributed by atoms with Gasteiger partial charge in [-0.25, -0.2) is 0 Å². The summed E-state index contributed by atoms with van der Waals surface area (Å²) < 4.78 is 14.3. The number of H-pyrrole nitrogens is 1. The molecule has 154 valence electrons. The Morgan fingerprint density at radius 2 is 2.00 bits per heavy atom. The van der Waals surface area contributed by atoms with Crippen LogP contribution in [-0.4, -0.2) is 37.1 Å². The van der Waals surface area contributed by atoms with Gasteiger partial charge in [-0.2, -0.15) is 20.2 Å². The average Bonchev–Trinajstić information content (AvgIpc) is 3.32. The third-order valence-electron chi connectivity index (χ3n) is 4.32. The zero-order valence-corrected chi connectivity index (χ0v) is 18.5. The van der Waals surface area contributed by atoms with Crippen molar-refractivity contribution < 1.29 is 9.47 Å². The molecule has 30 heavy (non-hydrogen) atoms. The van der Waals surface area contributed by atoms with E-state index in [-0.39, 0.29) is 6.01 Å². The number of nitrogens with one attached hydrogen (secondary N) is 2. The second-order valence-electron chi connectivity index (χ2n) is 6.71. The van der Waals surface area contributed by atoms with E-state index in [1.54, 1.807) is 18.0 Å². The number of aryl methyl sites for hydroxylation is 3. The van der Waals surface area contributed by atoms with E-state index in [9.17, 15) is 0 Å². The van der Waals surface area contributed by atoms with Gasteiger partial charge in [0.05, 0.1) is 13.3 Å². The van der Waals surface area contributed by atoms with Crippen LogP contribution >= 0.6 is 15.9 Å². The molecule has 1 aromatic carbocycles. The number of hydrogen-bond acceptors (Lipinski definition) is 7. The molecule has 9 nitrogen and oxygen atoms in total. The molecule has 0 aliphatic heterocycles. The highest BCUT2D eigenvalue weighted by Gasteiger charge is 2.20. The predicted molar refractivity (Wildman–Crippen MR) is 116 cm³/mol. The van der Waals surface area contributed by atoms with Crippen LogP contribution in [0.25, 0.3) is 11.3 Å². The molecule has 0 aliphatic rings. The highest BCUT2D eigenvalue weighted by molar-refractivity contribution is 9.10. The van der Waals surface area contributed by atoms with E-state index in [0.29, 0.717) is 28.8 Å². The fraction of sp³-hybridized carbons (Fsp3) is 0.200. The Bertz CT molecular complexity index is 1200. The number of nitrogens with zero attached hydrogens (tertiary/aromatic N) is 5. The second kappa shape index (κ2) is 8.15. The topological polar surface area (TPSA) is 103 Å². The summed E-state index contributed by atoms with van der Waals surface area (Å²) in [6.45, 7) is 3.90. The van der Waals surface area contributed by atoms with Crippen LogP contribution in [0.4, 0.5) is 11.6 Å². The van der Waals surface area contributed by atoms with Gasteiger partial charge in [0.1, 0.15) is 11.4 Å². The molecule has 2 N–H and O–H groups in total. The molecule has 0 unspecified atom stereocenters. The van der Waals surface area contributed by atoms with Gasteiger partial charge in [0, 0.05) is 35.0 Å². The molecule has 4 rings (SSSR count). The Kier molecular flexibility index (Phi) is 5.40. The molecule has 0 bridgehead atoms. The van der Waals surface area contributed by atoms with Crippen LogP contribution < -0.4 is 14.8 Å². The van der Waals surface area contributed by atoms with Crippen LogP contribution in [-0.2, 0) is 7.05 Å². The van der Waals surface area contributed by atoms with Crippen molar-refractivity contribution in [2.75, 3.05) is 12.4 Å². The number of halogens is 1. The van der Waals surface area contributed by atoms with Crippen LogP contribution in [0.2, 0.25) is 0 Å². The highest BCUT2D eigenvalue weighted by Crippen LogP contribution is 2.37. The molecule has 10 heteroatoms.